The van der Waals surface area contributed by atoms with E-state index in [1.807, 2.05) is 30.6 Å². The molecule has 0 fully saturated rings. The molecule has 1 atom stereocenters. The van der Waals surface area contributed by atoms with Gasteiger partial charge in [0.1, 0.15) is 6.67 Å². The highest BCUT2D eigenvalue weighted by Crippen LogP contribution is 2.23. The van der Waals surface area contributed by atoms with Crippen molar-refractivity contribution >= 4 is 5.91 Å². The largest absolute Gasteiger partial charge is 0.351 e. The zero-order valence-electron chi connectivity index (χ0n) is 12.2. The highest BCUT2D eigenvalue weighted by atomic mass is 19.1. The smallest absolute Gasteiger partial charge is 0.236 e. The zero-order valence-corrected chi connectivity index (χ0v) is 12.2. The summed E-state index contributed by atoms with van der Waals surface area (Å²) in [6, 6.07) is 5.78. The summed E-state index contributed by atoms with van der Waals surface area (Å²) < 4.78 is 12.9. The molecule has 1 aliphatic heterocycles. The van der Waals surface area contributed by atoms with Crippen LogP contribution in [0.5, 0.6) is 0 Å². The molecule has 1 aromatic carbocycles. The van der Waals surface area contributed by atoms with Crippen LogP contribution in [0.1, 0.15) is 23.6 Å². The second kappa shape index (κ2) is 7.49. The number of amides is 1. The molecule has 0 saturated heterocycles. The number of benzene rings is 1. The third kappa shape index (κ3) is 4.23. The molecule has 0 radical (unpaired) electrons. The van der Waals surface area contributed by atoms with Crippen molar-refractivity contribution in [2.45, 2.75) is 32.6 Å². The molecule has 1 aliphatic rings. The van der Waals surface area contributed by atoms with Crippen molar-refractivity contribution < 1.29 is 14.4 Å². The molecule has 0 aliphatic carbocycles. The molecule has 0 saturated carbocycles. The summed E-state index contributed by atoms with van der Waals surface area (Å²) in [5.41, 5.74) is 4.94. The van der Waals surface area contributed by atoms with Crippen molar-refractivity contribution in [2.75, 3.05) is 19.6 Å². The fraction of sp³-hybridized carbons (Fsp3) is 0.533. The zero-order chi connectivity index (χ0) is 15.2. The van der Waals surface area contributed by atoms with Gasteiger partial charge in [-0.2, -0.15) is 5.48 Å². The molecule has 0 unspecified atom stereocenters. The molecular formula is C15H22FN3O2. The van der Waals surface area contributed by atoms with Gasteiger partial charge in [-0.05, 0) is 30.0 Å². The number of fused-ring (bicyclic) bond motifs is 1. The fourth-order valence-electron chi connectivity index (χ4n) is 2.86. The number of nitrogens with one attached hydrogen (secondary N) is 2. The molecule has 1 amide bonds. The predicted octanol–water partition coefficient (Wildman–Crippen LogP) is 0.998. The van der Waals surface area contributed by atoms with Gasteiger partial charge in [-0.15, -0.1) is 0 Å². The number of nitrogens with zero attached hydrogens (tertiary/aromatic N) is 1. The summed E-state index contributed by atoms with van der Waals surface area (Å²) in [6.07, 6.45) is 0.842. The van der Waals surface area contributed by atoms with Crippen molar-refractivity contribution in [2.24, 2.45) is 0 Å². The van der Waals surface area contributed by atoms with Crippen LogP contribution in [0.15, 0.2) is 18.2 Å². The third-order valence-electron chi connectivity index (χ3n) is 3.77. The Hall–Kier alpha value is -1.50. The number of halogens is 1. The van der Waals surface area contributed by atoms with Crippen LogP contribution in [0.4, 0.5) is 4.39 Å². The van der Waals surface area contributed by atoms with Crippen LogP contribution in [0.25, 0.3) is 0 Å². The van der Waals surface area contributed by atoms with Crippen LogP contribution in [0.3, 0.4) is 0 Å². The first-order valence-corrected chi connectivity index (χ1v) is 7.18. The SMILES string of the molecule is C[C@@H](CN1CCc2c(CF)cccc2C1)NC(=O)CNO. The second-order valence-electron chi connectivity index (χ2n) is 5.48. The highest BCUT2D eigenvalue weighted by molar-refractivity contribution is 5.78. The number of hydroxylamine groups is 1. The number of rotatable bonds is 6. The van der Waals surface area contributed by atoms with Gasteiger partial charge in [-0.25, -0.2) is 4.39 Å². The van der Waals surface area contributed by atoms with Crippen LogP contribution in [-0.4, -0.2) is 41.7 Å². The lowest BCUT2D eigenvalue weighted by atomic mass is 9.95. The van der Waals surface area contributed by atoms with E-state index < -0.39 is 6.67 Å². The van der Waals surface area contributed by atoms with Crippen LogP contribution in [0, 0.1) is 0 Å². The Labute approximate surface area is 124 Å². The first kappa shape index (κ1) is 15.9. The molecule has 0 spiro atoms. The summed E-state index contributed by atoms with van der Waals surface area (Å²) in [6.45, 7) is 3.79. The molecule has 6 heteroatoms. The molecule has 3 N–H and O–H groups in total. The highest BCUT2D eigenvalue weighted by Gasteiger charge is 2.20. The van der Waals surface area contributed by atoms with E-state index in [9.17, 15) is 9.18 Å². The van der Waals surface area contributed by atoms with E-state index in [1.54, 1.807) is 0 Å². The van der Waals surface area contributed by atoms with E-state index in [-0.39, 0.29) is 18.5 Å². The summed E-state index contributed by atoms with van der Waals surface area (Å²) >= 11 is 0. The molecular weight excluding hydrogens is 273 g/mol. The maximum Gasteiger partial charge on any atom is 0.236 e. The molecule has 0 bridgehead atoms. The van der Waals surface area contributed by atoms with Crippen molar-refractivity contribution in [3.8, 4) is 0 Å². The van der Waals surface area contributed by atoms with Gasteiger partial charge in [0.25, 0.3) is 0 Å². The van der Waals surface area contributed by atoms with Crippen LogP contribution >= 0.6 is 0 Å². The van der Waals surface area contributed by atoms with E-state index >= 15 is 0 Å². The van der Waals surface area contributed by atoms with Gasteiger partial charge in [0.2, 0.25) is 5.91 Å². The maximum absolute atomic E-state index is 12.9. The van der Waals surface area contributed by atoms with Gasteiger partial charge in [-0.1, -0.05) is 18.2 Å². The number of hydrogen-bond acceptors (Lipinski definition) is 4. The van der Waals surface area contributed by atoms with Gasteiger partial charge >= 0.3 is 0 Å². The molecule has 21 heavy (non-hydrogen) atoms. The number of carbonyl (C=O) groups is 1. The lowest BCUT2D eigenvalue weighted by Crippen LogP contribution is -2.45. The number of hydrogen-bond donors (Lipinski definition) is 3. The van der Waals surface area contributed by atoms with E-state index in [0.29, 0.717) is 0 Å². The Bertz CT molecular complexity index is 496. The third-order valence-corrected chi connectivity index (χ3v) is 3.77. The van der Waals surface area contributed by atoms with E-state index in [4.69, 9.17) is 5.21 Å². The van der Waals surface area contributed by atoms with E-state index in [2.05, 4.69) is 10.2 Å². The Morgan fingerprint density at radius 1 is 1.52 bits per heavy atom. The van der Waals surface area contributed by atoms with Crippen molar-refractivity contribution in [3.63, 3.8) is 0 Å². The minimum atomic E-state index is -0.413. The summed E-state index contributed by atoms with van der Waals surface area (Å²) in [7, 11) is 0. The Kier molecular flexibility index (Phi) is 5.67. The average molecular weight is 295 g/mol. The lowest BCUT2D eigenvalue weighted by Gasteiger charge is -2.31. The van der Waals surface area contributed by atoms with E-state index in [1.165, 1.54) is 5.56 Å². The van der Waals surface area contributed by atoms with Gasteiger partial charge in [-0.3, -0.25) is 9.69 Å². The first-order chi connectivity index (χ1) is 10.1. The van der Waals surface area contributed by atoms with Crippen molar-refractivity contribution in [3.05, 3.63) is 34.9 Å². The Balaban J connectivity index is 1.91. The van der Waals surface area contributed by atoms with Crippen LogP contribution < -0.4 is 10.8 Å². The molecule has 116 valence electrons. The summed E-state index contributed by atoms with van der Waals surface area (Å²) in [4.78, 5) is 13.6. The number of carbonyl (C=O) groups excluding carboxylic acids is 1. The van der Waals surface area contributed by atoms with Gasteiger partial charge in [0, 0.05) is 25.7 Å². The maximum atomic E-state index is 12.9. The normalized spacial score (nSPS) is 16.3. The van der Waals surface area contributed by atoms with Gasteiger partial charge in [0.15, 0.2) is 0 Å². The lowest BCUT2D eigenvalue weighted by molar-refractivity contribution is -0.122. The first-order valence-electron chi connectivity index (χ1n) is 7.18. The van der Waals surface area contributed by atoms with Gasteiger partial charge in [0.05, 0.1) is 6.54 Å². The average Bonchev–Trinajstić information content (AvgIpc) is 2.46. The van der Waals surface area contributed by atoms with Crippen molar-refractivity contribution in [1.29, 1.82) is 0 Å². The molecule has 1 heterocycles. The predicted molar refractivity (Wildman–Crippen MR) is 77.6 cm³/mol. The minimum Gasteiger partial charge on any atom is -0.351 e. The van der Waals surface area contributed by atoms with Crippen LogP contribution in [-0.2, 0) is 24.4 Å². The van der Waals surface area contributed by atoms with E-state index in [0.717, 1.165) is 37.2 Å². The second-order valence-corrected chi connectivity index (χ2v) is 5.48. The Morgan fingerprint density at radius 2 is 2.33 bits per heavy atom. The molecule has 0 aromatic heterocycles. The van der Waals surface area contributed by atoms with Crippen molar-refractivity contribution in [1.82, 2.24) is 15.7 Å². The minimum absolute atomic E-state index is 0.00300. The topological polar surface area (TPSA) is 64.6 Å². The van der Waals surface area contributed by atoms with Crippen LogP contribution in [0.2, 0.25) is 0 Å². The Morgan fingerprint density at radius 3 is 3.05 bits per heavy atom. The summed E-state index contributed by atoms with van der Waals surface area (Å²) in [5.74, 6) is -0.234. The molecule has 5 nitrogen and oxygen atoms in total. The molecule has 2 rings (SSSR count). The quantitative estimate of drug-likeness (QED) is 0.685. The number of alkyl halides is 1. The monoisotopic (exact) mass is 295 g/mol. The molecule has 1 aromatic rings. The fourth-order valence-corrected chi connectivity index (χ4v) is 2.86. The standard InChI is InChI=1S/C15H22FN3O2/c1-11(18-15(20)8-17-21)9-19-6-5-14-12(7-16)3-2-4-13(14)10-19/h2-4,11,17,21H,5-10H2,1H3,(H,18,20)/t11-/m0/s1. The van der Waals surface area contributed by atoms with Gasteiger partial charge < -0.3 is 10.5 Å². The summed E-state index contributed by atoms with van der Waals surface area (Å²) in [5, 5.41) is 11.3.